The molecule has 0 spiro atoms. The largest absolute Gasteiger partial charge is 0.497 e. The summed E-state index contributed by atoms with van der Waals surface area (Å²) in [5.41, 5.74) is 1.15. The number of rotatable bonds is 7. The smallest absolute Gasteiger partial charge is 0.220 e. The van der Waals surface area contributed by atoms with Crippen molar-refractivity contribution in [2.75, 3.05) is 26.7 Å². The van der Waals surface area contributed by atoms with E-state index in [1.54, 1.807) is 7.11 Å². The fraction of sp³-hybridized carbons (Fsp3) is 0.667. The van der Waals surface area contributed by atoms with E-state index in [1.165, 1.54) is 25.7 Å². The molecule has 1 aliphatic carbocycles. The Labute approximate surface area is 157 Å². The van der Waals surface area contributed by atoms with Crippen LogP contribution in [-0.2, 0) is 11.3 Å². The molecule has 0 radical (unpaired) electrons. The van der Waals surface area contributed by atoms with Crippen LogP contribution in [0.15, 0.2) is 18.2 Å². The molecule has 1 atom stereocenters. The van der Waals surface area contributed by atoms with Gasteiger partial charge >= 0.3 is 0 Å². The molecule has 1 amide bonds. The molecular weight excluding hydrogens is 328 g/mol. The number of nitrogens with zero attached hydrogens (tertiary/aromatic N) is 1. The minimum Gasteiger partial charge on any atom is -0.497 e. The van der Waals surface area contributed by atoms with E-state index < -0.39 is 0 Å². The van der Waals surface area contributed by atoms with E-state index in [1.807, 2.05) is 12.1 Å². The molecule has 1 fully saturated rings. The van der Waals surface area contributed by atoms with Crippen molar-refractivity contribution in [3.63, 3.8) is 0 Å². The van der Waals surface area contributed by atoms with E-state index in [0.29, 0.717) is 18.9 Å². The zero-order valence-electron chi connectivity index (χ0n) is 16.1. The number of fused-ring (bicyclic) bond motifs is 1. The van der Waals surface area contributed by atoms with E-state index in [-0.39, 0.29) is 12.0 Å². The van der Waals surface area contributed by atoms with Crippen molar-refractivity contribution >= 4 is 5.91 Å². The average molecular weight is 360 g/mol. The molecule has 1 aromatic carbocycles. The summed E-state index contributed by atoms with van der Waals surface area (Å²) in [6, 6.07) is 6.01. The second kappa shape index (κ2) is 9.26. The van der Waals surface area contributed by atoms with E-state index in [9.17, 15) is 4.79 Å². The van der Waals surface area contributed by atoms with E-state index in [0.717, 1.165) is 43.1 Å². The number of nitrogens with one attached hydrogen (secondary N) is 1. The van der Waals surface area contributed by atoms with E-state index in [4.69, 9.17) is 9.47 Å². The third kappa shape index (κ3) is 5.13. The molecule has 5 nitrogen and oxygen atoms in total. The first kappa shape index (κ1) is 19.0. The first-order valence-corrected chi connectivity index (χ1v) is 10.0. The first-order chi connectivity index (χ1) is 12.7. The van der Waals surface area contributed by atoms with Gasteiger partial charge in [0.15, 0.2) is 0 Å². The summed E-state index contributed by atoms with van der Waals surface area (Å²) < 4.78 is 11.5. The summed E-state index contributed by atoms with van der Waals surface area (Å²) in [7, 11) is 1.69. The van der Waals surface area contributed by atoms with Gasteiger partial charge < -0.3 is 14.8 Å². The van der Waals surface area contributed by atoms with Crippen LogP contribution in [-0.4, -0.2) is 43.7 Å². The van der Waals surface area contributed by atoms with Crippen molar-refractivity contribution < 1.29 is 14.3 Å². The van der Waals surface area contributed by atoms with Gasteiger partial charge in [-0.1, -0.05) is 19.8 Å². The minimum atomic E-state index is 0.179. The lowest BCUT2D eigenvalue weighted by molar-refractivity contribution is -0.122. The molecule has 0 aromatic heterocycles. The molecule has 2 aliphatic rings. The summed E-state index contributed by atoms with van der Waals surface area (Å²) in [6.07, 6.45) is 6.84. The second-order valence-electron chi connectivity index (χ2n) is 7.56. The number of benzene rings is 1. The Balaban J connectivity index is 1.53. The number of amides is 1. The van der Waals surface area contributed by atoms with Crippen LogP contribution in [0.25, 0.3) is 0 Å². The lowest BCUT2D eigenvalue weighted by Crippen LogP contribution is -2.38. The Morgan fingerprint density at radius 3 is 2.88 bits per heavy atom. The molecule has 1 heterocycles. The maximum atomic E-state index is 12.1. The highest BCUT2D eigenvalue weighted by Crippen LogP contribution is 2.29. The summed E-state index contributed by atoms with van der Waals surface area (Å²) >= 11 is 0. The second-order valence-corrected chi connectivity index (χ2v) is 7.56. The Morgan fingerprint density at radius 1 is 1.35 bits per heavy atom. The lowest BCUT2D eigenvalue weighted by atomic mass is 10.0. The third-order valence-corrected chi connectivity index (χ3v) is 5.57. The van der Waals surface area contributed by atoms with Crippen LogP contribution >= 0.6 is 0 Å². The average Bonchev–Trinajstić information content (AvgIpc) is 3.07. The minimum absolute atomic E-state index is 0.179. The van der Waals surface area contributed by atoms with Crippen molar-refractivity contribution in [1.82, 2.24) is 10.2 Å². The van der Waals surface area contributed by atoms with Crippen molar-refractivity contribution in [1.29, 1.82) is 0 Å². The van der Waals surface area contributed by atoms with Gasteiger partial charge in [0.05, 0.1) is 7.11 Å². The summed E-state index contributed by atoms with van der Waals surface area (Å²) in [6.45, 7) is 5.39. The molecule has 1 N–H and O–H groups in total. The Hall–Kier alpha value is -1.75. The summed E-state index contributed by atoms with van der Waals surface area (Å²) in [5.74, 6) is 2.61. The normalized spacial score (nSPS) is 20.9. The van der Waals surface area contributed by atoms with Gasteiger partial charge in [-0.05, 0) is 43.4 Å². The van der Waals surface area contributed by atoms with Gasteiger partial charge in [-0.25, -0.2) is 0 Å². The van der Waals surface area contributed by atoms with Gasteiger partial charge in [-0.2, -0.15) is 0 Å². The molecule has 1 saturated carbocycles. The van der Waals surface area contributed by atoms with Gasteiger partial charge in [-0.3, -0.25) is 9.69 Å². The Bertz CT molecular complexity index is 599. The summed E-state index contributed by atoms with van der Waals surface area (Å²) in [5, 5.41) is 3.11. The van der Waals surface area contributed by atoms with E-state index >= 15 is 0 Å². The third-order valence-electron chi connectivity index (χ3n) is 5.57. The SMILES string of the molecule is CCC1CN(CCNC(=O)CC2CCCC2)Cc2cc(OC)ccc2O1. The van der Waals surface area contributed by atoms with Crippen molar-refractivity contribution in [2.45, 2.75) is 58.1 Å². The first-order valence-electron chi connectivity index (χ1n) is 10.0. The molecule has 5 heteroatoms. The van der Waals surface area contributed by atoms with Gasteiger partial charge in [-0.15, -0.1) is 0 Å². The Morgan fingerprint density at radius 2 is 2.15 bits per heavy atom. The fourth-order valence-electron chi connectivity index (χ4n) is 4.02. The van der Waals surface area contributed by atoms with Gasteiger partial charge in [0.25, 0.3) is 0 Å². The number of ether oxygens (including phenoxy) is 2. The van der Waals surface area contributed by atoms with Crippen molar-refractivity contribution in [3.05, 3.63) is 23.8 Å². The van der Waals surface area contributed by atoms with Gasteiger partial charge in [0.1, 0.15) is 17.6 Å². The molecule has 26 heavy (non-hydrogen) atoms. The lowest BCUT2D eigenvalue weighted by Gasteiger charge is -2.23. The zero-order chi connectivity index (χ0) is 18.4. The number of methoxy groups -OCH3 is 1. The van der Waals surface area contributed by atoms with Crippen LogP contribution in [0.1, 0.15) is 51.0 Å². The predicted octanol–water partition coefficient (Wildman–Crippen LogP) is 3.36. The summed E-state index contributed by atoms with van der Waals surface area (Å²) in [4.78, 5) is 14.5. The molecule has 0 saturated heterocycles. The standard InChI is InChI=1S/C21H32N2O3/c1-3-18-15-23(11-10-22-21(24)12-16-6-4-5-7-16)14-17-13-19(25-2)8-9-20(17)26-18/h8-9,13,16,18H,3-7,10-12,14-15H2,1-2H3,(H,22,24). The molecule has 144 valence electrons. The van der Waals surface area contributed by atoms with E-state index in [2.05, 4.69) is 23.2 Å². The van der Waals surface area contributed by atoms with Crippen molar-refractivity contribution in [3.8, 4) is 11.5 Å². The van der Waals surface area contributed by atoms with Crippen LogP contribution in [0.4, 0.5) is 0 Å². The molecule has 1 unspecified atom stereocenters. The number of carbonyl (C=O) groups excluding carboxylic acids is 1. The highest BCUT2D eigenvalue weighted by Gasteiger charge is 2.23. The van der Waals surface area contributed by atoms with Crippen molar-refractivity contribution in [2.24, 2.45) is 5.92 Å². The van der Waals surface area contributed by atoms with Gasteiger partial charge in [0.2, 0.25) is 5.91 Å². The molecule has 0 bridgehead atoms. The number of hydrogen-bond acceptors (Lipinski definition) is 4. The highest BCUT2D eigenvalue weighted by molar-refractivity contribution is 5.76. The van der Waals surface area contributed by atoms with Gasteiger partial charge in [0, 0.05) is 38.2 Å². The highest BCUT2D eigenvalue weighted by atomic mass is 16.5. The molecule has 1 aliphatic heterocycles. The fourth-order valence-corrected chi connectivity index (χ4v) is 4.02. The molecular formula is C21H32N2O3. The Kier molecular flexibility index (Phi) is 6.78. The zero-order valence-corrected chi connectivity index (χ0v) is 16.1. The molecule has 1 aromatic rings. The van der Waals surface area contributed by atoms with Crippen LogP contribution < -0.4 is 14.8 Å². The topological polar surface area (TPSA) is 50.8 Å². The quantitative estimate of drug-likeness (QED) is 0.810. The van der Waals surface area contributed by atoms with Crippen LogP contribution in [0.2, 0.25) is 0 Å². The monoisotopic (exact) mass is 360 g/mol. The van der Waals surface area contributed by atoms with Crippen LogP contribution in [0.5, 0.6) is 11.5 Å². The number of carbonyl (C=O) groups is 1. The van der Waals surface area contributed by atoms with Crippen LogP contribution in [0.3, 0.4) is 0 Å². The maximum absolute atomic E-state index is 12.1. The van der Waals surface area contributed by atoms with Crippen LogP contribution in [0, 0.1) is 5.92 Å². The maximum Gasteiger partial charge on any atom is 0.220 e. The molecule has 3 rings (SSSR count). The predicted molar refractivity (Wildman–Crippen MR) is 103 cm³/mol. The number of hydrogen-bond donors (Lipinski definition) is 1.